The molecule has 1 fully saturated rings. The number of ether oxygens (including phenoxy) is 2. The van der Waals surface area contributed by atoms with E-state index in [0.29, 0.717) is 25.0 Å². The molecule has 4 rings (SSSR count). The maximum absolute atomic E-state index is 15.1. The number of benzene rings is 1. The number of nitrogens with one attached hydrogen (secondary N) is 1. The van der Waals surface area contributed by atoms with Crippen LogP contribution in [0, 0.1) is 23.5 Å². The first-order chi connectivity index (χ1) is 17.1. The molecule has 1 aromatic carbocycles. The molecule has 194 valence electrons. The number of amidine groups is 1. The van der Waals surface area contributed by atoms with Gasteiger partial charge in [0.05, 0.1) is 31.1 Å². The van der Waals surface area contributed by atoms with E-state index in [1.54, 1.807) is 14.0 Å². The summed E-state index contributed by atoms with van der Waals surface area (Å²) < 4.78 is 40.3. The van der Waals surface area contributed by atoms with Crippen molar-refractivity contribution in [3.63, 3.8) is 0 Å². The van der Waals surface area contributed by atoms with E-state index < -0.39 is 27.8 Å². The molecule has 0 bridgehead atoms. The average Bonchev–Trinajstić information content (AvgIpc) is 2.79. The topological polar surface area (TPSA) is 112 Å². The van der Waals surface area contributed by atoms with Gasteiger partial charge >= 0.3 is 0 Å². The van der Waals surface area contributed by atoms with E-state index in [-0.39, 0.29) is 28.0 Å². The van der Waals surface area contributed by atoms with Gasteiger partial charge < -0.3 is 20.5 Å². The molecule has 1 saturated carbocycles. The summed E-state index contributed by atoms with van der Waals surface area (Å²) in [5, 5.41) is 2.83. The lowest BCUT2D eigenvalue weighted by molar-refractivity contribution is 0.102. The smallest absolute Gasteiger partial charge is 0.275 e. The van der Waals surface area contributed by atoms with Gasteiger partial charge in [-0.1, -0.05) is 25.1 Å². The van der Waals surface area contributed by atoms with Crippen LogP contribution in [0.3, 0.4) is 0 Å². The number of rotatable bonds is 8. The molecular formula is C25H31F2N5O3S. The van der Waals surface area contributed by atoms with Gasteiger partial charge in [0, 0.05) is 35.1 Å². The lowest BCUT2D eigenvalue weighted by Crippen LogP contribution is -2.50. The van der Waals surface area contributed by atoms with Crippen molar-refractivity contribution >= 4 is 28.5 Å². The summed E-state index contributed by atoms with van der Waals surface area (Å²) in [5.74, 6) is -2.19. The van der Waals surface area contributed by atoms with E-state index in [0.717, 1.165) is 18.9 Å². The van der Waals surface area contributed by atoms with Crippen molar-refractivity contribution in [3.05, 3.63) is 47.4 Å². The highest BCUT2D eigenvalue weighted by atomic mass is 32.2. The molecule has 0 radical (unpaired) electrons. The van der Waals surface area contributed by atoms with Gasteiger partial charge in [-0.25, -0.2) is 18.7 Å². The third-order valence-corrected chi connectivity index (χ3v) is 8.49. The highest BCUT2D eigenvalue weighted by molar-refractivity contribution is 8.15. The number of anilines is 1. The van der Waals surface area contributed by atoms with Crippen LogP contribution in [0.2, 0.25) is 0 Å². The predicted molar refractivity (Wildman–Crippen MR) is 135 cm³/mol. The maximum Gasteiger partial charge on any atom is 0.275 e. The molecule has 1 aliphatic carbocycles. The Bertz CT molecular complexity index is 1160. The quantitative estimate of drug-likeness (QED) is 0.528. The molecule has 3 atom stereocenters. The predicted octanol–water partition coefficient (Wildman–Crippen LogP) is 4.50. The van der Waals surface area contributed by atoms with Crippen molar-refractivity contribution in [2.75, 3.05) is 25.6 Å². The third kappa shape index (κ3) is 5.17. The van der Waals surface area contributed by atoms with Crippen LogP contribution in [0.15, 0.2) is 29.5 Å². The monoisotopic (exact) mass is 519 g/mol. The minimum absolute atomic E-state index is 0.0123. The number of amides is 1. The van der Waals surface area contributed by atoms with E-state index in [4.69, 9.17) is 15.2 Å². The zero-order valence-corrected chi connectivity index (χ0v) is 21.6. The molecule has 2 heterocycles. The summed E-state index contributed by atoms with van der Waals surface area (Å²) in [6.07, 6.45) is 6.17. The summed E-state index contributed by atoms with van der Waals surface area (Å²) in [4.78, 5) is 25.5. The lowest BCUT2D eigenvalue weighted by atomic mass is 9.74. The van der Waals surface area contributed by atoms with E-state index in [1.165, 1.54) is 36.6 Å². The fraction of sp³-hybridized carbons (Fsp3) is 0.520. The number of carbonyl (C=O) groups excluding carboxylic acids is 1. The molecule has 1 aliphatic heterocycles. The Balaban J connectivity index is 1.56. The first kappa shape index (κ1) is 26.3. The summed E-state index contributed by atoms with van der Waals surface area (Å²) in [6, 6.07) is 2.31. The Labute approximate surface area is 213 Å². The van der Waals surface area contributed by atoms with Gasteiger partial charge in [0.25, 0.3) is 5.91 Å². The van der Waals surface area contributed by atoms with Crippen molar-refractivity contribution in [1.29, 1.82) is 0 Å². The van der Waals surface area contributed by atoms with Gasteiger partial charge in [0.2, 0.25) is 5.88 Å². The van der Waals surface area contributed by atoms with Crippen LogP contribution in [0.25, 0.3) is 0 Å². The molecule has 0 spiro atoms. The highest BCUT2D eigenvalue weighted by Gasteiger charge is 2.50. The van der Waals surface area contributed by atoms with Crippen LogP contribution >= 0.6 is 11.8 Å². The second-order valence-corrected chi connectivity index (χ2v) is 11.3. The zero-order chi connectivity index (χ0) is 26.1. The SMILES string of the molecule is COC[C@@]1(C)SC(N)=N[C@](C)(c2cc(NC(=O)c3cnc(OCC4CCC4)cn3)cc(F)c2F)[C@@H]1C. The van der Waals surface area contributed by atoms with E-state index in [2.05, 4.69) is 20.3 Å². The number of hydrogen-bond donors (Lipinski definition) is 2. The molecule has 36 heavy (non-hydrogen) atoms. The number of aromatic nitrogens is 2. The van der Waals surface area contributed by atoms with Crippen LogP contribution in [-0.2, 0) is 10.3 Å². The van der Waals surface area contributed by atoms with Crippen molar-refractivity contribution in [3.8, 4) is 5.88 Å². The Hall–Kier alpha value is -2.79. The van der Waals surface area contributed by atoms with Crippen molar-refractivity contribution in [2.24, 2.45) is 22.6 Å². The van der Waals surface area contributed by atoms with Crippen LogP contribution in [0.5, 0.6) is 5.88 Å². The second kappa shape index (κ2) is 10.3. The standard InChI is InChI=1S/C25H31F2N5O3S/c1-14-24(2,13-34-4)36-23(28)32-25(14,3)17-8-16(9-18(26)21(17)27)31-22(33)19-10-30-20(11-29-19)35-12-15-6-5-7-15/h8-11,14-15H,5-7,12-13H2,1-4H3,(H2,28,32)(H,31,33)/t14-,24-,25+/m1/s1. The Morgan fingerprint density at radius 2 is 2.00 bits per heavy atom. The van der Waals surface area contributed by atoms with Gasteiger partial charge in [0.1, 0.15) is 5.69 Å². The van der Waals surface area contributed by atoms with Crippen molar-refractivity contribution in [2.45, 2.75) is 50.3 Å². The number of nitrogens with zero attached hydrogens (tertiary/aromatic N) is 3. The number of aliphatic imine (C=N–C) groups is 1. The number of nitrogens with two attached hydrogens (primary N) is 1. The number of hydrogen-bond acceptors (Lipinski definition) is 8. The van der Waals surface area contributed by atoms with Crippen molar-refractivity contribution < 1.29 is 23.0 Å². The van der Waals surface area contributed by atoms with E-state index in [9.17, 15) is 9.18 Å². The van der Waals surface area contributed by atoms with Crippen molar-refractivity contribution in [1.82, 2.24) is 9.97 Å². The maximum atomic E-state index is 15.1. The number of halogens is 2. The van der Waals surface area contributed by atoms with Crippen LogP contribution < -0.4 is 15.8 Å². The van der Waals surface area contributed by atoms with Crippen LogP contribution in [-0.4, -0.2) is 46.1 Å². The molecular weight excluding hydrogens is 488 g/mol. The fourth-order valence-corrected chi connectivity index (χ4v) is 5.90. The van der Waals surface area contributed by atoms with Gasteiger partial charge in [-0.2, -0.15) is 0 Å². The molecule has 3 N–H and O–H groups in total. The molecule has 0 saturated heterocycles. The Morgan fingerprint density at radius 1 is 1.25 bits per heavy atom. The Morgan fingerprint density at radius 3 is 2.61 bits per heavy atom. The summed E-state index contributed by atoms with van der Waals surface area (Å²) in [6.45, 7) is 6.46. The number of carbonyl (C=O) groups is 1. The van der Waals surface area contributed by atoms with Gasteiger partial charge in [-0.3, -0.25) is 9.79 Å². The lowest BCUT2D eigenvalue weighted by Gasteiger charge is -2.47. The van der Waals surface area contributed by atoms with Crippen LogP contribution in [0.4, 0.5) is 14.5 Å². The highest BCUT2D eigenvalue weighted by Crippen LogP contribution is 2.50. The normalized spacial score (nSPS) is 26.2. The zero-order valence-electron chi connectivity index (χ0n) is 20.8. The minimum Gasteiger partial charge on any atom is -0.476 e. The molecule has 2 aromatic rings. The molecule has 2 aliphatic rings. The molecule has 1 amide bonds. The van der Waals surface area contributed by atoms with E-state index >= 15 is 4.39 Å². The first-order valence-corrected chi connectivity index (χ1v) is 12.7. The molecule has 0 unspecified atom stereocenters. The number of methoxy groups -OCH3 is 1. The Kier molecular flexibility index (Phi) is 7.51. The van der Waals surface area contributed by atoms with Gasteiger partial charge in [0.15, 0.2) is 16.8 Å². The third-order valence-electron chi connectivity index (χ3n) is 7.25. The van der Waals surface area contributed by atoms with Gasteiger partial charge in [-0.15, -0.1) is 0 Å². The largest absolute Gasteiger partial charge is 0.476 e. The molecule has 11 heteroatoms. The average molecular weight is 520 g/mol. The summed E-state index contributed by atoms with van der Waals surface area (Å²) >= 11 is 1.34. The van der Waals surface area contributed by atoms with Crippen LogP contribution in [0.1, 0.15) is 56.1 Å². The number of thioether (sulfide) groups is 1. The fourth-order valence-electron chi connectivity index (χ4n) is 4.60. The molecule has 1 aromatic heterocycles. The molecule has 8 nitrogen and oxygen atoms in total. The second-order valence-electron chi connectivity index (χ2n) is 9.79. The van der Waals surface area contributed by atoms with E-state index in [1.807, 2.05) is 13.8 Å². The van der Waals surface area contributed by atoms with Gasteiger partial charge in [-0.05, 0) is 38.7 Å². The summed E-state index contributed by atoms with van der Waals surface area (Å²) in [5.41, 5.74) is 4.97. The minimum atomic E-state index is -1.20. The summed E-state index contributed by atoms with van der Waals surface area (Å²) in [7, 11) is 1.57. The first-order valence-electron chi connectivity index (χ1n) is 11.8.